The summed E-state index contributed by atoms with van der Waals surface area (Å²) in [7, 11) is 0. The van der Waals surface area contributed by atoms with Crippen molar-refractivity contribution in [3.63, 3.8) is 0 Å². The zero-order valence-corrected chi connectivity index (χ0v) is 12.5. The third kappa shape index (κ3) is 2.46. The number of aryl methyl sites for hydroxylation is 1. The summed E-state index contributed by atoms with van der Waals surface area (Å²) in [6.07, 6.45) is 3.38. The first kappa shape index (κ1) is 13.6. The summed E-state index contributed by atoms with van der Waals surface area (Å²) >= 11 is 0. The molecule has 0 atom stereocenters. The average Bonchev–Trinajstić information content (AvgIpc) is 3.23. The molecule has 114 valence electrons. The maximum absolute atomic E-state index is 12.7. The fourth-order valence-electron chi connectivity index (χ4n) is 2.76. The molecule has 1 aliphatic rings. The summed E-state index contributed by atoms with van der Waals surface area (Å²) < 4.78 is 1.55. The number of benzene rings is 1. The molecule has 3 aromatic rings. The zero-order chi connectivity index (χ0) is 15.8. The molecule has 0 saturated heterocycles. The number of rotatable bonds is 2. The first-order valence-electron chi connectivity index (χ1n) is 7.28. The lowest BCUT2D eigenvalue weighted by atomic mass is 10.2. The van der Waals surface area contributed by atoms with E-state index in [1.165, 1.54) is 11.9 Å². The van der Waals surface area contributed by atoms with E-state index in [-0.39, 0.29) is 5.91 Å². The van der Waals surface area contributed by atoms with Crippen molar-refractivity contribution in [1.82, 2.24) is 30.1 Å². The third-order valence-corrected chi connectivity index (χ3v) is 3.96. The van der Waals surface area contributed by atoms with E-state index in [4.69, 9.17) is 0 Å². The van der Waals surface area contributed by atoms with Gasteiger partial charge in [-0.25, -0.2) is 4.68 Å². The van der Waals surface area contributed by atoms with Crippen molar-refractivity contribution in [3.05, 3.63) is 65.2 Å². The van der Waals surface area contributed by atoms with E-state index >= 15 is 0 Å². The third-order valence-electron chi connectivity index (χ3n) is 3.96. The van der Waals surface area contributed by atoms with Crippen LogP contribution in [-0.4, -0.2) is 36.0 Å². The molecule has 0 fully saturated rings. The summed E-state index contributed by atoms with van der Waals surface area (Å²) in [5.41, 5.74) is 4.74. The Labute approximate surface area is 132 Å². The number of carbonyl (C=O) groups excluding carboxylic acids is 1. The molecule has 23 heavy (non-hydrogen) atoms. The van der Waals surface area contributed by atoms with Gasteiger partial charge in [0.05, 0.1) is 5.69 Å². The number of pyridine rings is 1. The number of hydrogen-bond donors (Lipinski definition) is 0. The van der Waals surface area contributed by atoms with Gasteiger partial charge in [0.15, 0.2) is 0 Å². The van der Waals surface area contributed by atoms with Gasteiger partial charge in [0.2, 0.25) is 0 Å². The number of carbonyl (C=O) groups is 1. The van der Waals surface area contributed by atoms with Crippen molar-refractivity contribution in [3.8, 4) is 5.69 Å². The van der Waals surface area contributed by atoms with Crippen LogP contribution in [0.1, 0.15) is 27.2 Å². The van der Waals surface area contributed by atoms with Gasteiger partial charge in [-0.1, -0.05) is 0 Å². The van der Waals surface area contributed by atoms with Gasteiger partial charge >= 0.3 is 0 Å². The van der Waals surface area contributed by atoms with Gasteiger partial charge in [0, 0.05) is 30.5 Å². The van der Waals surface area contributed by atoms with Crippen molar-refractivity contribution in [2.24, 2.45) is 0 Å². The Morgan fingerprint density at radius 1 is 1.13 bits per heavy atom. The molecular weight excluding hydrogens is 292 g/mol. The maximum atomic E-state index is 12.7. The van der Waals surface area contributed by atoms with E-state index in [9.17, 15) is 4.79 Å². The molecule has 7 heteroatoms. The smallest absolute Gasteiger partial charge is 0.254 e. The Kier molecular flexibility index (Phi) is 3.11. The van der Waals surface area contributed by atoms with Crippen LogP contribution in [-0.2, 0) is 13.1 Å². The molecule has 0 radical (unpaired) electrons. The van der Waals surface area contributed by atoms with Gasteiger partial charge in [-0.3, -0.25) is 9.78 Å². The van der Waals surface area contributed by atoms with Crippen LogP contribution in [0.2, 0.25) is 0 Å². The fraction of sp³-hybridized carbons (Fsp3) is 0.188. The van der Waals surface area contributed by atoms with Crippen LogP contribution < -0.4 is 0 Å². The van der Waals surface area contributed by atoms with Gasteiger partial charge in [0.1, 0.15) is 6.33 Å². The van der Waals surface area contributed by atoms with Crippen LogP contribution >= 0.6 is 0 Å². The second-order valence-electron chi connectivity index (χ2n) is 5.56. The van der Waals surface area contributed by atoms with Crippen LogP contribution in [0.3, 0.4) is 0 Å². The topological polar surface area (TPSA) is 76.8 Å². The van der Waals surface area contributed by atoms with E-state index in [1.807, 2.05) is 36.2 Å². The number of tetrazole rings is 1. The highest BCUT2D eigenvalue weighted by Crippen LogP contribution is 2.24. The Balaban J connectivity index is 1.54. The largest absolute Gasteiger partial charge is 0.330 e. The van der Waals surface area contributed by atoms with Gasteiger partial charge in [0.25, 0.3) is 5.91 Å². The van der Waals surface area contributed by atoms with Crippen molar-refractivity contribution in [2.75, 3.05) is 0 Å². The van der Waals surface area contributed by atoms with Crippen LogP contribution in [0.5, 0.6) is 0 Å². The highest BCUT2D eigenvalue weighted by Gasteiger charge is 2.24. The van der Waals surface area contributed by atoms with Gasteiger partial charge in [-0.05, 0) is 58.8 Å². The van der Waals surface area contributed by atoms with E-state index < -0.39 is 0 Å². The van der Waals surface area contributed by atoms with Gasteiger partial charge in [-0.15, -0.1) is 5.10 Å². The molecule has 1 amide bonds. The summed E-state index contributed by atoms with van der Waals surface area (Å²) in [6, 6.07) is 9.30. The molecule has 0 unspecified atom stereocenters. The molecule has 0 bridgehead atoms. The monoisotopic (exact) mass is 306 g/mol. The Morgan fingerprint density at radius 3 is 2.65 bits per heavy atom. The number of hydrogen-bond acceptors (Lipinski definition) is 5. The molecule has 0 N–H and O–H groups in total. The summed E-state index contributed by atoms with van der Waals surface area (Å²) in [4.78, 5) is 18.8. The molecule has 1 aromatic carbocycles. The second-order valence-corrected chi connectivity index (χ2v) is 5.56. The van der Waals surface area contributed by atoms with Gasteiger partial charge in [-0.2, -0.15) is 0 Å². The lowest BCUT2D eigenvalue weighted by Crippen LogP contribution is -2.25. The summed E-state index contributed by atoms with van der Waals surface area (Å²) in [5.74, 6) is 0.0159. The highest BCUT2D eigenvalue weighted by atomic mass is 16.2. The van der Waals surface area contributed by atoms with Crippen LogP contribution in [0, 0.1) is 6.92 Å². The second kappa shape index (κ2) is 5.28. The molecule has 0 saturated carbocycles. The van der Waals surface area contributed by atoms with Crippen molar-refractivity contribution in [2.45, 2.75) is 20.0 Å². The quantitative estimate of drug-likeness (QED) is 0.717. The fourth-order valence-corrected chi connectivity index (χ4v) is 2.76. The molecule has 0 spiro atoms. The van der Waals surface area contributed by atoms with E-state index in [0.29, 0.717) is 18.7 Å². The van der Waals surface area contributed by atoms with Gasteiger partial charge < -0.3 is 4.90 Å². The minimum atomic E-state index is 0.0159. The lowest BCUT2D eigenvalue weighted by molar-refractivity contribution is 0.0751. The lowest BCUT2D eigenvalue weighted by Gasteiger charge is -2.15. The van der Waals surface area contributed by atoms with Crippen LogP contribution in [0.4, 0.5) is 0 Å². The molecule has 4 rings (SSSR count). The Bertz CT molecular complexity index is 857. The summed E-state index contributed by atoms with van der Waals surface area (Å²) in [6.45, 7) is 3.20. The SMILES string of the molecule is Cc1cc2c(cn1)CN(C(=O)c1ccc(-n3cnnn3)cc1)C2. The van der Waals surface area contributed by atoms with E-state index in [1.54, 1.807) is 16.8 Å². The highest BCUT2D eigenvalue weighted by molar-refractivity contribution is 5.94. The number of aromatic nitrogens is 5. The standard InChI is InChI=1S/C16H14N6O/c1-11-6-13-8-21(9-14(13)7-17-11)16(23)12-2-4-15(5-3-12)22-10-18-19-20-22/h2-7,10H,8-9H2,1H3. The first-order chi connectivity index (χ1) is 11.2. The number of nitrogens with zero attached hydrogens (tertiary/aromatic N) is 6. The number of fused-ring (bicyclic) bond motifs is 1. The van der Waals surface area contributed by atoms with Crippen molar-refractivity contribution < 1.29 is 4.79 Å². The average molecular weight is 306 g/mol. The summed E-state index contributed by atoms with van der Waals surface area (Å²) in [5, 5.41) is 11.0. The minimum absolute atomic E-state index is 0.0159. The zero-order valence-electron chi connectivity index (χ0n) is 12.5. The van der Waals surface area contributed by atoms with Crippen molar-refractivity contribution >= 4 is 5.91 Å². The molecule has 2 aromatic heterocycles. The molecular formula is C16H14N6O. The maximum Gasteiger partial charge on any atom is 0.254 e. The first-order valence-corrected chi connectivity index (χ1v) is 7.28. The predicted octanol–water partition coefficient (Wildman–Crippen LogP) is 1.52. The van der Waals surface area contributed by atoms with E-state index in [0.717, 1.165) is 16.9 Å². The Hall–Kier alpha value is -3.09. The number of amides is 1. The van der Waals surface area contributed by atoms with E-state index in [2.05, 4.69) is 20.5 Å². The molecule has 1 aliphatic heterocycles. The van der Waals surface area contributed by atoms with Crippen LogP contribution in [0.25, 0.3) is 5.69 Å². The Morgan fingerprint density at radius 2 is 1.91 bits per heavy atom. The van der Waals surface area contributed by atoms with Crippen LogP contribution in [0.15, 0.2) is 42.9 Å². The minimum Gasteiger partial charge on any atom is -0.330 e. The van der Waals surface area contributed by atoms with Crippen molar-refractivity contribution in [1.29, 1.82) is 0 Å². The molecule has 0 aliphatic carbocycles. The molecule has 3 heterocycles. The predicted molar refractivity (Wildman–Crippen MR) is 81.7 cm³/mol. The molecule has 7 nitrogen and oxygen atoms in total. The normalized spacial score (nSPS) is 13.2.